The van der Waals surface area contributed by atoms with Crippen LogP contribution < -0.4 is 11.2 Å². The molecular weight excluding hydrogens is 594 g/mol. The number of carbonyl (C=O) groups excluding carboxylic acids is 1. The fraction of sp³-hybridized carbons (Fsp3) is 0.276. The van der Waals surface area contributed by atoms with Gasteiger partial charge in [0, 0.05) is 42.2 Å². The number of nitrogens with zero attached hydrogens (tertiary/aromatic N) is 3. The van der Waals surface area contributed by atoms with E-state index in [2.05, 4.69) is 0 Å². The Hall–Kier alpha value is -4.30. The van der Waals surface area contributed by atoms with Crippen LogP contribution in [0.3, 0.4) is 0 Å². The van der Waals surface area contributed by atoms with Gasteiger partial charge in [-0.2, -0.15) is 17.5 Å². The van der Waals surface area contributed by atoms with Gasteiger partial charge in [-0.15, -0.1) is 0 Å². The molecule has 4 aromatic rings. The van der Waals surface area contributed by atoms with Gasteiger partial charge in [0.05, 0.1) is 11.3 Å². The maximum atomic E-state index is 13.6. The monoisotopic (exact) mass is 619 g/mol. The summed E-state index contributed by atoms with van der Waals surface area (Å²) in [6.07, 6.45) is -0.939. The number of alkyl halides is 3. The van der Waals surface area contributed by atoms with Crippen molar-refractivity contribution in [1.29, 1.82) is 0 Å². The SMILES string of the molecule is CC(C)n1c(=O)c(CCC(=O)[C@@H]2C=CCN2S(=O)(=O)c2cc3cc(F)ccc3o2)cn(-c2ccc(C(F)(F)F)cc2)c1=O. The van der Waals surface area contributed by atoms with Crippen molar-refractivity contribution >= 4 is 26.8 Å². The number of fused-ring (bicyclic) bond motifs is 1. The lowest BCUT2D eigenvalue weighted by molar-refractivity contribution is -0.137. The second kappa shape index (κ2) is 11.1. The number of hydrogen-bond donors (Lipinski definition) is 0. The Labute approximate surface area is 242 Å². The first-order valence-corrected chi connectivity index (χ1v) is 14.6. The predicted octanol–water partition coefficient (Wildman–Crippen LogP) is 4.62. The number of furan rings is 1. The van der Waals surface area contributed by atoms with Crippen molar-refractivity contribution in [2.45, 2.75) is 50.0 Å². The van der Waals surface area contributed by atoms with Gasteiger partial charge in [0.25, 0.3) is 15.6 Å². The van der Waals surface area contributed by atoms with E-state index in [1.54, 1.807) is 13.8 Å². The maximum absolute atomic E-state index is 13.6. The van der Waals surface area contributed by atoms with E-state index in [-0.39, 0.29) is 41.6 Å². The van der Waals surface area contributed by atoms with Gasteiger partial charge in [-0.05, 0) is 62.7 Å². The number of Topliss-reactive ketones (excluding diaryl/α,β-unsaturated/α-hetero) is 1. The normalized spacial score (nSPS) is 16.0. The third-order valence-electron chi connectivity index (χ3n) is 7.08. The van der Waals surface area contributed by atoms with Crippen molar-refractivity contribution < 1.29 is 35.2 Å². The summed E-state index contributed by atoms with van der Waals surface area (Å²) in [6, 6.07) is 6.74. The van der Waals surface area contributed by atoms with Crippen molar-refractivity contribution in [2.75, 3.05) is 6.54 Å². The summed E-state index contributed by atoms with van der Waals surface area (Å²) in [6.45, 7) is 3.06. The summed E-state index contributed by atoms with van der Waals surface area (Å²) < 4.78 is 87.8. The lowest BCUT2D eigenvalue weighted by atomic mass is 10.1. The molecule has 9 nitrogen and oxygen atoms in total. The van der Waals surface area contributed by atoms with Gasteiger partial charge in [-0.1, -0.05) is 12.2 Å². The van der Waals surface area contributed by atoms with Crippen LogP contribution in [0.5, 0.6) is 0 Å². The van der Waals surface area contributed by atoms with Crippen LogP contribution in [0.2, 0.25) is 0 Å². The summed E-state index contributed by atoms with van der Waals surface area (Å²) in [5.41, 5.74) is -2.07. The summed E-state index contributed by atoms with van der Waals surface area (Å²) in [4.78, 5) is 39.6. The molecule has 0 saturated carbocycles. The zero-order valence-electron chi connectivity index (χ0n) is 22.8. The molecule has 2 aromatic heterocycles. The number of carbonyl (C=O) groups is 1. The second-order valence-corrected chi connectivity index (χ2v) is 12.1. The summed E-state index contributed by atoms with van der Waals surface area (Å²) in [5.74, 6) is -1.11. The highest BCUT2D eigenvalue weighted by Gasteiger charge is 2.38. The molecule has 0 N–H and O–H groups in total. The Morgan fingerprint density at radius 2 is 1.77 bits per heavy atom. The van der Waals surface area contributed by atoms with Gasteiger partial charge in [0.15, 0.2) is 5.78 Å². The first-order valence-electron chi connectivity index (χ1n) is 13.1. The minimum atomic E-state index is -4.58. The van der Waals surface area contributed by atoms with E-state index in [4.69, 9.17) is 4.42 Å². The molecule has 1 aliphatic heterocycles. The standard InChI is InChI=1S/C29H25F4N3O6S/c1-17(2)36-27(38)18(16-34(28(36)39)22-9-6-20(7-10-22)29(31,32)33)5-11-24(37)23-4-3-13-35(23)43(40,41)26-15-19-14-21(30)8-12-25(19)42-26/h3-4,6-10,12,14-17,23H,5,11,13H2,1-2H3/t23-/m0/s1. The predicted molar refractivity (Wildman–Crippen MR) is 148 cm³/mol. The van der Waals surface area contributed by atoms with E-state index in [1.807, 2.05) is 0 Å². The van der Waals surface area contributed by atoms with Gasteiger partial charge in [0.2, 0.25) is 5.09 Å². The molecule has 0 spiro atoms. The highest BCUT2D eigenvalue weighted by molar-refractivity contribution is 7.89. The number of rotatable bonds is 8. The highest BCUT2D eigenvalue weighted by atomic mass is 32.2. The zero-order valence-corrected chi connectivity index (χ0v) is 23.7. The quantitative estimate of drug-likeness (QED) is 0.210. The molecule has 0 unspecified atom stereocenters. The van der Waals surface area contributed by atoms with Gasteiger partial charge in [-0.25, -0.2) is 17.6 Å². The first-order chi connectivity index (χ1) is 20.2. The number of benzene rings is 2. The molecule has 226 valence electrons. The average Bonchev–Trinajstić information content (AvgIpc) is 3.60. The van der Waals surface area contributed by atoms with Crippen LogP contribution in [0.25, 0.3) is 16.7 Å². The molecule has 5 rings (SSSR count). The van der Waals surface area contributed by atoms with Crippen LogP contribution in [-0.2, 0) is 27.4 Å². The van der Waals surface area contributed by atoms with Crippen molar-refractivity contribution in [3.63, 3.8) is 0 Å². The van der Waals surface area contributed by atoms with E-state index >= 15 is 0 Å². The summed E-state index contributed by atoms with van der Waals surface area (Å²) in [5, 5.41) is -0.226. The minimum Gasteiger partial charge on any atom is -0.443 e. The Morgan fingerprint density at radius 1 is 1.07 bits per heavy atom. The number of sulfonamides is 1. The van der Waals surface area contributed by atoms with Gasteiger partial charge < -0.3 is 4.42 Å². The van der Waals surface area contributed by atoms with Crippen LogP contribution in [0.1, 0.15) is 37.4 Å². The Morgan fingerprint density at radius 3 is 2.42 bits per heavy atom. The molecule has 1 aliphatic rings. The first kappa shape index (κ1) is 30.2. The zero-order chi connectivity index (χ0) is 31.3. The average molecular weight is 620 g/mol. The fourth-order valence-corrected chi connectivity index (χ4v) is 6.38. The van der Waals surface area contributed by atoms with Gasteiger partial charge >= 0.3 is 11.9 Å². The molecule has 14 heteroatoms. The van der Waals surface area contributed by atoms with Crippen LogP contribution in [0.15, 0.2) is 86.0 Å². The molecule has 43 heavy (non-hydrogen) atoms. The largest absolute Gasteiger partial charge is 0.443 e. The molecule has 3 heterocycles. The molecular formula is C29H25F4N3O6S. The lowest BCUT2D eigenvalue weighted by Crippen LogP contribution is -2.43. The molecule has 0 radical (unpaired) electrons. The van der Waals surface area contributed by atoms with Gasteiger partial charge in [-0.3, -0.25) is 18.7 Å². The van der Waals surface area contributed by atoms with E-state index in [9.17, 15) is 40.4 Å². The number of aromatic nitrogens is 2. The van der Waals surface area contributed by atoms with Crippen LogP contribution in [-0.4, -0.2) is 40.2 Å². The third kappa shape index (κ3) is 5.71. The Bertz CT molecular complexity index is 1970. The second-order valence-electron chi connectivity index (χ2n) is 10.3. The third-order valence-corrected chi connectivity index (χ3v) is 8.79. The molecule has 0 aliphatic carbocycles. The molecule has 0 amide bonds. The van der Waals surface area contributed by atoms with E-state index in [0.29, 0.717) is 0 Å². The Kier molecular flexibility index (Phi) is 7.77. The lowest BCUT2D eigenvalue weighted by Gasteiger charge is -2.22. The summed E-state index contributed by atoms with van der Waals surface area (Å²) >= 11 is 0. The minimum absolute atomic E-state index is 0.0391. The van der Waals surface area contributed by atoms with Crippen molar-refractivity contribution in [1.82, 2.24) is 13.4 Å². The van der Waals surface area contributed by atoms with Crippen LogP contribution >= 0.6 is 0 Å². The molecule has 1 atom stereocenters. The maximum Gasteiger partial charge on any atom is 0.416 e. The smallest absolute Gasteiger partial charge is 0.416 e. The number of aryl methyl sites for hydroxylation is 1. The topological polar surface area (TPSA) is 112 Å². The number of halogens is 4. The van der Waals surface area contributed by atoms with Gasteiger partial charge in [0.1, 0.15) is 17.4 Å². The summed E-state index contributed by atoms with van der Waals surface area (Å²) in [7, 11) is -4.31. The fourth-order valence-electron chi connectivity index (χ4n) is 4.90. The van der Waals surface area contributed by atoms with Crippen molar-refractivity contribution in [3.05, 3.63) is 105 Å². The number of ketones is 1. The highest BCUT2D eigenvalue weighted by Crippen LogP contribution is 2.30. The van der Waals surface area contributed by atoms with Crippen LogP contribution in [0, 0.1) is 5.82 Å². The molecule has 0 fully saturated rings. The van der Waals surface area contributed by atoms with E-state index in [1.165, 1.54) is 30.5 Å². The van der Waals surface area contributed by atoms with Crippen molar-refractivity contribution in [2.24, 2.45) is 0 Å². The van der Waals surface area contributed by atoms with E-state index < -0.39 is 61.8 Å². The van der Waals surface area contributed by atoms with Crippen molar-refractivity contribution in [3.8, 4) is 5.69 Å². The number of hydrogen-bond acceptors (Lipinski definition) is 6. The van der Waals surface area contributed by atoms with Crippen LogP contribution in [0.4, 0.5) is 17.6 Å². The molecule has 2 aromatic carbocycles. The Balaban J connectivity index is 1.41. The molecule has 0 bridgehead atoms. The molecule has 0 saturated heterocycles. The van der Waals surface area contributed by atoms with E-state index in [0.717, 1.165) is 49.8 Å².